The summed E-state index contributed by atoms with van der Waals surface area (Å²) in [5.74, 6) is -1.58. The lowest BCUT2D eigenvalue weighted by atomic mass is 9.74. The van der Waals surface area contributed by atoms with Gasteiger partial charge in [0.25, 0.3) is 0 Å². The molecule has 0 aliphatic carbocycles. The monoisotopic (exact) mass is 523 g/mol. The molecule has 37 heavy (non-hydrogen) atoms. The molecule has 1 aromatic rings. The molecule has 4 aliphatic heterocycles. The molecule has 5 atom stereocenters. The summed E-state index contributed by atoms with van der Waals surface area (Å²) in [6, 6.07) is 9.16. The number of hydrogen-bond acceptors (Lipinski definition) is 5. The molecule has 8 heteroatoms. The smallest absolute Gasteiger partial charge is 0.247 e. The largest absolute Gasteiger partial charge is 0.395 e. The zero-order valence-corrected chi connectivity index (χ0v) is 22.5. The van der Waals surface area contributed by atoms with Crippen molar-refractivity contribution >= 4 is 29.5 Å². The number of hydrogen-bond donors (Lipinski definition) is 1. The van der Waals surface area contributed by atoms with E-state index >= 15 is 0 Å². The summed E-state index contributed by atoms with van der Waals surface area (Å²) < 4.78 is -1.47. The van der Waals surface area contributed by atoms with Gasteiger partial charge in [-0.25, -0.2) is 0 Å². The van der Waals surface area contributed by atoms with E-state index in [1.807, 2.05) is 65.3 Å². The number of rotatable bonds is 8. The average molecular weight is 524 g/mol. The van der Waals surface area contributed by atoms with Crippen molar-refractivity contribution in [1.29, 1.82) is 0 Å². The molecule has 0 aromatic heterocycles. The minimum Gasteiger partial charge on any atom is -0.395 e. The molecule has 1 N–H and O–H groups in total. The molecule has 2 fully saturated rings. The zero-order valence-electron chi connectivity index (χ0n) is 21.7. The number of β-amino-alcohol motifs (C(OH)–C–C–N with tert-alkyl or cyclic N) is 1. The van der Waals surface area contributed by atoms with Crippen LogP contribution in [-0.4, -0.2) is 85.8 Å². The van der Waals surface area contributed by atoms with Crippen LogP contribution in [0.15, 0.2) is 54.6 Å². The van der Waals surface area contributed by atoms with Gasteiger partial charge in [0.2, 0.25) is 17.7 Å². The second-order valence-corrected chi connectivity index (χ2v) is 12.5. The maximum Gasteiger partial charge on any atom is 0.247 e. The molecule has 1 spiro atoms. The second-order valence-electron chi connectivity index (χ2n) is 10.8. The molecular formula is C29H37N3O4S. The number of carbonyl (C=O) groups excluding carboxylic acids is 3. The third-order valence-electron chi connectivity index (χ3n) is 8.31. The summed E-state index contributed by atoms with van der Waals surface area (Å²) in [6.07, 6.45) is 11.2. The maximum absolute atomic E-state index is 14.2. The molecule has 2 saturated heterocycles. The van der Waals surface area contributed by atoms with Crippen LogP contribution >= 0.6 is 11.8 Å². The maximum atomic E-state index is 14.2. The van der Waals surface area contributed by atoms with Crippen LogP contribution in [-0.2, 0) is 20.9 Å². The number of benzene rings is 1. The molecule has 0 bridgehead atoms. The third-order valence-corrected chi connectivity index (χ3v) is 10.1. The first-order valence-electron chi connectivity index (χ1n) is 13.4. The fraction of sp³-hybridized carbons (Fsp3) is 0.552. The number of thioether (sulfide) groups is 1. The minimum absolute atomic E-state index is 0.0476. The van der Waals surface area contributed by atoms with Crippen molar-refractivity contribution in [2.24, 2.45) is 11.8 Å². The van der Waals surface area contributed by atoms with Crippen molar-refractivity contribution in [3.63, 3.8) is 0 Å². The zero-order chi connectivity index (χ0) is 26.2. The van der Waals surface area contributed by atoms with E-state index in [1.54, 1.807) is 16.7 Å². The Labute approximate surface area is 223 Å². The first-order valence-corrected chi connectivity index (χ1v) is 14.3. The SMILES string of the molecule is CCCCCN1CC=C[C@]23S[C@]4(C)C=CCN(Cc5ccccc5)C(=O)[C@@H]4[C@H]2C(=O)N(CCO)C3C1=O. The van der Waals surface area contributed by atoms with Crippen molar-refractivity contribution in [2.45, 2.75) is 55.2 Å². The van der Waals surface area contributed by atoms with Crippen LogP contribution in [0.3, 0.4) is 0 Å². The Balaban J connectivity index is 1.53. The van der Waals surface area contributed by atoms with Crippen molar-refractivity contribution in [3.8, 4) is 0 Å². The lowest BCUT2D eigenvalue weighted by Crippen LogP contribution is -2.54. The van der Waals surface area contributed by atoms with Crippen molar-refractivity contribution in [1.82, 2.24) is 14.7 Å². The lowest BCUT2D eigenvalue weighted by Gasteiger charge is -2.36. The van der Waals surface area contributed by atoms with Gasteiger partial charge < -0.3 is 19.8 Å². The van der Waals surface area contributed by atoms with E-state index in [-0.39, 0.29) is 30.9 Å². The highest BCUT2D eigenvalue weighted by Crippen LogP contribution is 2.65. The van der Waals surface area contributed by atoms with E-state index in [2.05, 4.69) is 13.0 Å². The molecule has 1 aromatic carbocycles. The predicted molar refractivity (Wildman–Crippen MR) is 145 cm³/mol. The number of nitrogens with zero attached hydrogens (tertiary/aromatic N) is 3. The lowest BCUT2D eigenvalue weighted by molar-refractivity contribution is -0.145. The molecule has 1 unspecified atom stereocenters. The van der Waals surface area contributed by atoms with E-state index < -0.39 is 27.4 Å². The molecule has 0 saturated carbocycles. The summed E-state index contributed by atoms with van der Waals surface area (Å²) in [4.78, 5) is 47.6. The van der Waals surface area contributed by atoms with Crippen LogP contribution in [0.5, 0.6) is 0 Å². The Kier molecular flexibility index (Phi) is 7.24. The fourth-order valence-electron chi connectivity index (χ4n) is 6.67. The predicted octanol–water partition coefficient (Wildman–Crippen LogP) is 2.85. The van der Waals surface area contributed by atoms with Gasteiger partial charge in [0.1, 0.15) is 6.04 Å². The van der Waals surface area contributed by atoms with Crippen LogP contribution in [0.4, 0.5) is 0 Å². The number of likely N-dealkylation sites (tertiary alicyclic amines) is 1. The Bertz CT molecular complexity index is 1110. The molecule has 7 nitrogen and oxygen atoms in total. The van der Waals surface area contributed by atoms with Gasteiger partial charge >= 0.3 is 0 Å². The molecule has 5 rings (SSSR count). The van der Waals surface area contributed by atoms with Gasteiger partial charge in [-0.05, 0) is 18.9 Å². The van der Waals surface area contributed by atoms with Crippen LogP contribution in [0, 0.1) is 11.8 Å². The van der Waals surface area contributed by atoms with Crippen LogP contribution < -0.4 is 0 Å². The quantitative estimate of drug-likeness (QED) is 0.419. The standard InChI is InChI=1S/C29H37N3O4S/c1-3-4-8-15-30-16-10-14-29-23(26(35)32(18-19-33)24(29)27(30)36)22-25(34)31(17-9-13-28(22,2)37-29)20-21-11-6-5-7-12-21/h5-7,9-14,22-24,33H,3-4,8,15-20H2,1-2H3/t22-,23-,24?,28+,29-/m0/s1. The summed E-state index contributed by atoms with van der Waals surface area (Å²) >= 11 is 1.59. The summed E-state index contributed by atoms with van der Waals surface area (Å²) in [7, 11) is 0. The Morgan fingerprint density at radius 1 is 0.919 bits per heavy atom. The van der Waals surface area contributed by atoms with Gasteiger partial charge in [0, 0.05) is 37.5 Å². The molecule has 0 radical (unpaired) electrons. The summed E-state index contributed by atoms with van der Waals surface area (Å²) in [5, 5.41) is 9.85. The average Bonchev–Trinajstić information content (AvgIpc) is 3.15. The van der Waals surface area contributed by atoms with Gasteiger partial charge in [-0.2, -0.15) is 0 Å². The van der Waals surface area contributed by atoms with E-state index in [0.717, 1.165) is 24.8 Å². The van der Waals surface area contributed by atoms with Gasteiger partial charge in [-0.3, -0.25) is 14.4 Å². The van der Waals surface area contributed by atoms with E-state index in [1.165, 1.54) is 0 Å². The topological polar surface area (TPSA) is 81.2 Å². The van der Waals surface area contributed by atoms with Crippen molar-refractivity contribution < 1.29 is 19.5 Å². The highest BCUT2D eigenvalue weighted by molar-refractivity contribution is 8.02. The number of aliphatic hydroxyl groups is 1. The molecular weight excluding hydrogens is 486 g/mol. The van der Waals surface area contributed by atoms with Crippen molar-refractivity contribution in [2.75, 3.05) is 32.8 Å². The number of unbranched alkanes of at least 4 members (excludes halogenated alkanes) is 2. The molecule has 4 aliphatic rings. The molecule has 3 amide bonds. The first kappa shape index (κ1) is 26.0. The number of aliphatic hydroxyl groups excluding tert-OH is 1. The second kappa shape index (κ2) is 10.3. The van der Waals surface area contributed by atoms with E-state index in [0.29, 0.717) is 26.2 Å². The van der Waals surface area contributed by atoms with Gasteiger partial charge in [0.05, 0.1) is 23.2 Å². The highest BCUT2D eigenvalue weighted by Gasteiger charge is 2.73. The number of carbonyl (C=O) groups is 3. The van der Waals surface area contributed by atoms with Crippen molar-refractivity contribution in [3.05, 3.63) is 60.2 Å². The number of amides is 3. The Morgan fingerprint density at radius 2 is 1.65 bits per heavy atom. The van der Waals surface area contributed by atoms with E-state index in [9.17, 15) is 19.5 Å². The van der Waals surface area contributed by atoms with E-state index in [4.69, 9.17) is 0 Å². The van der Waals surface area contributed by atoms with Gasteiger partial charge in [0.15, 0.2) is 0 Å². The molecule has 4 heterocycles. The van der Waals surface area contributed by atoms with Gasteiger partial charge in [-0.15, -0.1) is 11.8 Å². The van der Waals surface area contributed by atoms with Crippen LogP contribution in [0.2, 0.25) is 0 Å². The third kappa shape index (κ3) is 4.32. The minimum atomic E-state index is -0.849. The van der Waals surface area contributed by atoms with Crippen LogP contribution in [0.1, 0.15) is 38.7 Å². The summed E-state index contributed by atoms with van der Waals surface area (Å²) in [6.45, 7) is 6.14. The summed E-state index contributed by atoms with van der Waals surface area (Å²) in [5.41, 5.74) is 1.04. The highest BCUT2D eigenvalue weighted by atomic mass is 32.2. The Hall–Kier alpha value is -2.58. The fourth-order valence-corrected chi connectivity index (χ4v) is 8.82. The van der Waals surface area contributed by atoms with Crippen LogP contribution in [0.25, 0.3) is 0 Å². The first-order chi connectivity index (χ1) is 17.9. The normalized spacial score (nSPS) is 32.9. The Morgan fingerprint density at radius 3 is 2.38 bits per heavy atom. The number of fused-ring (bicyclic) bond motifs is 2. The van der Waals surface area contributed by atoms with Gasteiger partial charge in [-0.1, -0.05) is 74.4 Å². The molecule has 198 valence electrons.